The van der Waals surface area contributed by atoms with Gasteiger partial charge in [0, 0.05) is 43.0 Å². The maximum Gasteiger partial charge on any atom is 0.173 e. The summed E-state index contributed by atoms with van der Waals surface area (Å²) in [5.74, 6) is 0. The number of piperidine rings is 1. The highest BCUT2D eigenvalue weighted by atomic mass is 35.5. The Morgan fingerprint density at radius 3 is 2.80 bits per heavy atom. The van der Waals surface area contributed by atoms with Crippen LogP contribution in [0, 0.1) is 6.92 Å². The third-order valence-electron chi connectivity index (χ3n) is 5.40. The molecule has 25 heavy (non-hydrogen) atoms. The molecule has 2 aliphatic rings. The third kappa shape index (κ3) is 4.85. The topological polar surface area (TPSA) is 27.7 Å². The van der Waals surface area contributed by atoms with Crippen molar-refractivity contribution in [3.8, 4) is 0 Å². The quantitative estimate of drug-likeness (QED) is 0.798. The molecule has 1 aromatic rings. The summed E-state index contributed by atoms with van der Waals surface area (Å²) in [6, 6.07) is 6.50. The van der Waals surface area contributed by atoms with Gasteiger partial charge in [0.15, 0.2) is 5.11 Å². The highest BCUT2D eigenvalue weighted by Gasteiger charge is 2.26. The molecule has 2 heterocycles. The minimum atomic E-state index is 0.427. The lowest BCUT2D eigenvalue weighted by molar-refractivity contribution is 0.0576. The van der Waals surface area contributed by atoms with Gasteiger partial charge in [0.05, 0.1) is 6.10 Å². The summed E-state index contributed by atoms with van der Waals surface area (Å²) in [6.45, 7) is 5.98. The van der Waals surface area contributed by atoms with Crippen LogP contribution in [0.2, 0.25) is 5.02 Å². The molecule has 4 nitrogen and oxygen atoms in total. The maximum absolute atomic E-state index is 6.19. The number of benzene rings is 1. The van der Waals surface area contributed by atoms with Crippen LogP contribution in [0.1, 0.15) is 31.2 Å². The van der Waals surface area contributed by atoms with E-state index in [1.165, 1.54) is 12.8 Å². The fraction of sp³-hybridized carbons (Fsp3) is 0.632. The van der Waals surface area contributed by atoms with Gasteiger partial charge >= 0.3 is 0 Å². The minimum absolute atomic E-state index is 0.427. The van der Waals surface area contributed by atoms with Gasteiger partial charge in [-0.1, -0.05) is 17.7 Å². The van der Waals surface area contributed by atoms with E-state index in [0.29, 0.717) is 12.1 Å². The van der Waals surface area contributed by atoms with Crippen molar-refractivity contribution in [1.29, 1.82) is 0 Å². The first-order chi connectivity index (χ1) is 12.0. The van der Waals surface area contributed by atoms with E-state index >= 15 is 0 Å². The molecule has 0 saturated carbocycles. The van der Waals surface area contributed by atoms with Crippen molar-refractivity contribution >= 4 is 34.6 Å². The van der Waals surface area contributed by atoms with Crippen molar-refractivity contribution in [3.63, 3.8) is 0 Å². The van der Waals surface area contributed by atoms with Gasteiger partial charge < -0.3 is 19.9 Å². The van der Waals surface area contributed by atoms with Crippen LogP contribution in [0.3, 0.4) is 0 Å². The number of thiocarbonyl (C=S) groups is 1. The van der Waals surface area contributed by atoms with Crippen LogP contribution in [-0.4, -0.2) is 60.3 Å². The van der Waals surface area contributed by atoms with Crippen LogP contribution in [0.5, 0.6) is 0 Å². The van der Waals surface area contributed by atoms with Gasteiger partial charge in [-0.2, -0.15) is 0 Å². The summed E-state index contributed by atoms with van der Waals surface area (Å²) in [7, 11) is 2.23. The fourth-order valence-corrected chi connectivity index (χ4v) is 4.17. The normalized spacial score (nSPS) is 21.8. The number of nitrogens with one attached hydrogen (secondary N) is 1. The van der Waals surface area contributed by atoms with E-state index in [9.17, 15) is 0 Å². The molecule has 1 N–H and O–H groups in total. The Balaban J connectivity index is 1.48. The maximum atomic E-state index is 6.19. The highest BCUT2D eigenvalue weighted by molar-refractivity contribution is 7.80. The first kappa shape index (κ1) is 18.9. The minimum Gasteiger partial charge on any atom is -0.377 e. The number of rotatable bonds is 4. The Morgan fingerprint density at radius 1 is 1.36 bits per heavy atom. The van der Waals surface area contributed by atoms with E-state index in [-0.39, 0.29) is 0 Å². The fourth-order valence-electron chi connectivity index (χ4n) is 3.71. The van der Waals surface area contributed by atoms with Crippen molar-refractivity contribution in [2.75, 3.05) is 38.6 Å². The van der Waals surface area contributed by atoms with Crippen LogP contribution in [-0.2, 0) is 4.74 Å². The molecule has 2 aliphatic heterocycles. The van der Waals surface area contributed by atoms with Crippen molar-refractivity contribution in [2.24, 2.45) is 0 Å². The molecular formula is C19H28ClN3OS. The monoisotopic (exact) mass is 381 g/mol. The number of likely N-dealkylation sites (tertiary alicyclic amines) is 1. The number of likely N-dealkylation sites (N-methyl/N-ethyl adjacent to an activating group) is 1. The molecule has 1 aromatic carbocycles. The van der Waals surface area contributed by atoms with Gasteiger partial charge in [0.2, 0.25) is 0 Å². The van der Waals surface area contributed by atoms with E-state index in [0.717, 1.165) is 60.5 Å². The van der Waals surface area contributed by atoms with Gasteiger partial charge in [0.25, 0.3) is 0 Å². The number of nitrogens with zero attached hydrogens (tertiary/aromatic N) is 2. The van der Waals surface area contributed by atoms with Crippen LogP contribution < -0.4 is 5.32 Å². The second-order valence-corrected chi connectivity index (χ2v) is 7.93. The average Bonchev–Trinajstić information content (AvgIpc) is 3.12. The molecule has 0 unspecified atom stereocenters. The predicted molar refractivity (Wildman–Crippen MR) is 109 cm³/mol. The van der Waals surface area contributed by atoms with Crippen LogP contribution in [0.25, 0.3) is 0 Å². The molecule has 6 heteroatoms. The molecule has 0 radical (unpaired) electrons. The molecular weight excluding hydrogens is 354 g/mol. The molecule has 138 valence electrons. The third-order valence-corrected chi connectivity index (χ3v) is 6.17. The molecule has 1 atom stereocenters. The molecule has 0 amide bonds. The average molecular weight is 382 g/mol. The van der Waals surface area contributed by atoms with E-state index in [1.807, 2.05) is 25.1 Å². The van der Waals surface area contributed by atoms with Crippen molar-refractivity contribution in [2.45, 2.75) is 44.8 Å². The molecule has 0 aliphatic carbocycles. The SMILES string of the molecule is Cc1c(Cl)cccc1NC(=S)N1CCC(N(C)C[C@H]2CCCO2)CC1. The molecule has 2 saturated heterocycles. The highest BCUT2D eigenvalue weighted by Crippen LogP contribution is 2.24. The lowest BCUT2D eigenvalue weighted by atomic mass is 10.0. The van der Waals surface area contributed by atoms with E-state index in [2.05, 4.69) is 22.2 Å². The van der Waals surface area contributed by atoms with Crippen molar-refractivity contribution < 1.29 is 4.74 Å². The Labute approximate surface area is 161 Å². The summed E-state index contributed by atoms with van der Waals surface area (Å²) >= 11 is 11.8. The van der Waals surface area contributed by atoms with Gasteiger partial charge in [0.1, 0.15) is 0 Å². The van der Waals surface area contributed by atoms with Gasteiger partial charge in [-0.3, -0.25) is 0 Å². The zero-order chi connectivity index (χ0) is 17.8. The number of hydrogen-bond donors (Lipinski definition) is 1. The summed E-state index contributed by atoms with van der Waals surface area (Å²) in [6.07, 6.45) is 5.12. The first-order valence-corrected chi connectivity index (χ1v) is 9.96. The summed E-state index contributed by atoms with van der Waals surface area (Å²) in [4.78, 5) is 4.75. The second-order valence-electron chi connectivity index (χ2n) is 7.14. The lowest BCUT2D eigenvalue weighted by Gasteiger charge is -2.38. The number of anilines is 1. The lowest BCUT2D eigenvalue weighted by Crippen LogP contribution is -2.48. The van der Waals surface area contributed by atoms with Crippen LogP contribution in [0.15, 0.2) is 18.2 Å². The molecule has 0 spiro atoms. The van der Waals surface area contributed by atoms with E-state index < -0.39 is 0 Å². The van der Waals surface area contributed by atoms with Gasteiger partial charge in [-0.05, 0) is 69.6 Å². The molecule has 0 aromatic heterocycles. The Kier molecular flexibility index (Phi) is 6.55. The van der Waals surface area contributed by atoms with Crippen LogP contribution >= 0.6 is 23.8 Å². The van der Waals surface area contributed by atoms with Gasteiger partial charge in [-0.25, -0.2) is 0 Å². The smallest absolute Gasteiger partial charge is 0.173 e. The van der Waals surface area contributed by atoms with Crippen molar-refractivity contribution in [3.05, 3.63) is 28.8 Å². The van der Waals surface area contributed by atoms with E-state index in [4.69, 9.17) is 28.6 Å². The number of ether oxygens (including phenoxy) is 1. The second kappa shape index (κ2) is 8.67. The summed E-state index contributed by atoms with van der Waals surface area (Å²) < 4.78 is 5.77. The summed E-state index contributed by atoms with van der Waals surface area (Å²) in [5.41, 5.74) is 2.04. The Bertz CT molecular complexity index is 598. The zero-order valence-corrected chi connectivity index (χ0v) is 16.7. The Morgan fingerprint density at radius 2 is 2.12 bits per heavy atom. The number of hydrogen-bond acceptors (Lipinski definition) is 3. The Hall–Kier alpha value is -0.880. The largest absolute Gasteiger partial charge is 0.377 e. The summed E-state index contributed by atoms with van der Waals surface area (Å²) in [5, 5.41) is 4.93. The van der Waals surface area contributed by atoms with Crippen molar-refractivity contribution in [1.82, 2.24) is 9.80 Å². The standard InChI is InChI=1S/C19H28ClN3OS/c1-14-17(20)6-3-7-18(14)21-19(25)23-10-8-15(9-11-23)22(2)13-16-5-4-12-24-16/h3,6-7,15-16H,4-5,8-13H2,1-2H3,(H,21,25)/t16-/m1/s1. The predicted octanol–water partition coefficient (Wildman–Crippen LogP) is 3.92. The first-order valence-electron chi connectivity index (χ1n) is 9.17. The zero-order valence-electron chi connectivity index (χ0n) is 15.1. The van der Waals surface area contributed by atoms with E-state index in [1.54, 1.807) is 0 Å². The molecule has 0 bridgehead atoms. The molecule has 2 fully saturated rings. The molecule has 3 rings (SSSR count). The number of halogens is 1. The van der Waals surface area contributed by atoms with Crippen LogP contribution in [0.4, 0.5) is 5.69 Å². The van der Waals surface area contributed by atoms with Gasteiger partial charge in [-0.15, -0.1) is 0 Å².